The lowest BCUT2D eigenvalue weighted by Gasteiger charge is -2.19. The summed E-state index contributed by atoms with van der Waals surface area (Å²) in [5.74, 6) is 0.628. The number of aromatic nitrogens is 3. The average Bonchev–Trinajstić information content (AvgIpc) is 3.04. The molecule has 5 heteroatoms. The monoisotopic (exact) mass is 322 g/mol. The van der Waals surface area contributed by atoms with Gasteiger partial charge in [-0.15, -0.1) is 10.2 Å². The van der Waals surface area contributed by atoms with Gasteiger partial charge in [0.2, 0.25) is 5.91 Å². The molecule has 3 aromatic rings. The van der Waals surface area contributed by atoms with Crippen LogP contribution in [0.2, 0.25) is 0 Å². The Labute approximate surface area is 141 Å². The van der Waals surface area contributed by atoms with E-state index in [-0.39, 0.29) is 17.9 Å². The number of carbonyl (C=O) groups is 1. The number of benzene rings is 1. The van der Waals surface area contributed by atoms with E-state index in [1.165, 1.54) is 0 Å². The van der Waals surface area contributed by atoms with E-state index >= 15 is 0 Å². The summed E-state index contributed by atoms with van der Waals surface area (Å²) in [5.41, 5.74) is 1.83. The van der Waals surface area contributed by atoms with Crippen molar-refractivity contribution >= 4 is 11.6 Å². The molecule has 2 unspecified atom stereocenters. The summed E-state index contributed by atoms with van der Waals surface area (Å²) < 4.78 is 1.91. The number of fused-ring (bicyclic) bond motifs is 1. The van der Waals surface area contributed by atoms with Crippen molar-refractivity contribution in [2.24, 2.45) is 0 Å². The third-order valence-corrected chi connectivity index (χ3v) is 4.18. The zero-order valence-electron chi connectivity index (χ0n) is 14.0. The number of nitrogens with one attached hydrogen (secondary N) is 1. The van der Waals surface area contributed by atoms with E-state index in [2.05, 4.69) is 22.4 Å². The van der Waals surface area contributed by atoms with Crippen LogP contribution in [0.25, 0.3) is 5.65 Å². The van der Waals surface area contributed by atoms with Gasteiger partial charge in [-0.2, -0.15) is 0 Å². The van der Waals surface area contributed by atoms with Gasteiger partial charge in [-0.25, -0.2) is 0 Å². The van der Waals surface area contributed by atoms with Crippen LogP contribution in [-0.2, 0) is 4.79 Å². The van der Waals surface area contributed by atoms with Gasteiger partial charge in [-0.1, -0.05) is 49.7 Å². The number of nitrogens with zero attached hydrogens (tertiary/aromatic N) is 3. The highest BCUT2D eigenvalue weighted by Crippen LogP contribution is 2.23. The van der Waals surface area contributed by atoms with Crippen LogP contribution in [0.3, 0.4) is 0 Å². The van der Waals surface area contributed by atoms with Crippen LogP contribution in [0.15, 0.2) is 54.7 Å². The molecule has 2 aromatic heterocycles. The molecule has 0 bridgehead atoms. The largest absolute Gasteiger partial charge is 0.346 e. The van der Waals surface area contributed by atoms with E-state index in [9.17, 15) is 4.79 Å². The number of amides is 1. The predicted octanol–water partition coefficient (Wildman–Crippen LogP) is 3.49. The zero-order valence-corrected chi connectivity index (χ0v) is 14.0. The minimum absolute atomic E-state index is 0.0308. The lowest BCUT2D eigenvalue weighted by Crippen LogP contribution is -2.32. The highest BCUT2D eigenvalue weighted by Gasteiger charge is 2.23. The fourth-order valence-corrected chi connectivity index (χ4v) is 2.96. The minimum Gasteiger partial charge on any atom is -0.346 e. The van der Waals surface area contributed by atoms with Crippen molar-refractivity contribution in [3.05, 3.63) is 66.1 Å². The number of hydrogen-bond donors (Lipinski definition) is 1. The van der Waals surface area contributed by atoms with E-state index in [0.29, 0.717) is 0 Å². The van der Waals surface area contributed by atoms with Gasteiger partial charge in [-0.3, -0.25) is 9.20 Å². The first-order valence-corrected chi connectivity index (χ1v) is 8.35. The van der Waals surface area contributed by atoms with Crippen LogP contribution in [0.5, 0.6) is 0 Å². The van der Waals surface area contributed by atoms with Crippen LogP contribution in [-0.4, -0.2) is 20.5 Å². The maximum atomic E-state index is 12.8. The Balaban J connectivity index is 1.79. The van der Waals surface area contributed by atoms with Gasteiger partial charge in [-0.05, 0) is 31.0 Å². The normalized spacial score (nSPS) is 13.6. The topological polar surface area (TPSA) is 59.3 Å². The molecule has 0 radical (unpaired) electrons. The second kappa shape index (κ2) is 7.25. The summed E-state index contributed by atoms with van der Waals surface area (Å²) in [7, 11) is 0. The van der Waals surface area contributed by atoms with E-state index in [0.717, 1.165) is 29.9 Å². The van der Waals surface area contributed by atoms with Crippen molar-refractivity contribution in [3.63, 3.8) is 0 Å². The molecular weight excluding hydrogens is 300 g/mol. The quantitative estimate of drug-likeness (QED) is 0.756. The van der Waals surface area contributed by atoms with Crippen molar-refractivity contribution < 1.29 is 4.79 Å². The highest BCUT2D eigenvalue weighted by atomic mass is 16.1. The van der Waals surface area contributed by atoms with Crippen LogP contribution in [0.1, 0.15) is 50.0 Å². The Morgan fingerprint density at radius 1 is 1.12 bits per heavy atom. The predicted molar refractivity (Wildman–Crippen MR) is 93.6 cm³/mol. The molecule has 0 aliphatic rings. The van der Waals surface area contributed by atoms with Gasteiger partial charge >= 0.3 is 0 Å². The molecule has 5 nitrogen and oxygen atoms in total. The highest BCUT2D eigenvalue weighted by molar-refractivity contribution is 5.83. The average molecular weight is 322 g/mol. The van der Waals surface area contributed by atoms with Crippen LogP contribution < -0.4 is 5.32 Å². The van der Waals surface area contributed by atoms with Crippen LogP contribution >= 0.6 is 0 Å². The first-order valence-electron chi connectivity index (χ1n) is 8.35. The molecule has 24 heavy (non-hydrogen) atoms. The van der Waals surface area contributed by atoms with Gasteiger partial charge < -0.3 is 5.32 Å². The zero-order chi connectivity index (χ0) is 16.9. The molecule has 1 N–H and O–H groups in total. The van der Waals surface area contributed by atoms with E-state index in [1.807, 2.05) is 66.1 Å². The minimum atomic E-state index is -0.210. The smallest absolute Gasteiger partial charge is 0.228 e. The second-order valence-corrected chi connectivity index (χ2v) is 5.97. The third kappa shape index (κ3) is 3.30. The van der Waals surface area contributed by atoms with Gasteiger partial charge in [0.05, 0.1) is 12.0 Å². The first kappa shape index (κ1) is 16.2. The summed E-state index contributed by atoms with van der Waals surface area (Å²) in [6.45, 7) is 4.04. The summed E-state index contributed by atoms with van der Waals surface area (Å²) in [4.78, 5) is 12.8. The number of pyridine rings is 1. The Kier molecular flexibility index (Phi) is 4.89. The Hall–Kier alpha value is -2.69. The van der Waals surface area contributed by atoms with Crippen molar-refractivity contribution in [2.75, 3.05) is 0 Å². The Morgan fingerprint density at radius 2 is 1.88 bits per heavy atom. The van der Waals surface area contributed by atoms with Crippen LogP contribution in [0, 0.1) is 0 Å². The standard InChI is InChI=1S/C19H22N4O/c1-3-9-16(15-10-5-4-6-11-15)19(24)20-14(2)18-22-21-17-12-7-8-13-23(17)18/h4-8,10-14,16H,3,9H2,1-2H3,(H,20,24). The maximum absolute atomic E-state index is 12.8. The summed E-state index contributed by atoms with van der Waals surface area (Å²) in [6.07, 6.45) is 3.69. The second-order valence-electron chi connectivity index (χ2n) is 5.97. The van der Waals surface area contributed by atoms with E-state index in [4.69, 9.17) is 0 Å². The molecule has 124 valence electrons. The van der Waals surface area contributed by atoms with Gasteiger partial charge in [0.15, 0.2) is 11.5 Å². The molecule has 0 saturated carbocycles. The molecule has 0 spiro atoms. The first-order chi connectivity index (χ1) is 11.7. The summed E-state index contributed by atoms with van der Waals surface area (Å²) in [6, 6.07) is 15.5. The Bertz CT molecular complexity index is 812. The molecular formula is C19H22N4O. The molecule has 0 aliphatic heterocycles. The van der Waals surface area contributed by atoms with Crippen molar-refractivity contribution in [1.29, 1.82) is 0 Å². The number of carbonyl (C=O) groups excluding carboxylic acids is 1. The van der Waals surface area contributed by atoms with Gasteiger partial charge in [0.1, 0.15) is 0 Å². The lowest BCUT2D eigenvalue weighted by atomic mass is 9.93. The fourth-order valence-electron chi connectivity index (χ4n) is 2.96. The summed E-state index contributed by atoms with van der Waals surface area (Å²) in [5, 5.41) is 11.5. The maximum Gasteiger partial charge on any atom is 0.228 e. The number of rotatable bonds is 6. The molecule has 0 saturated heterocycles. The molecule has 1 amide bonds. The summed E-state index contributed by atoms with van der Waals surface area (Å²) >= 11 is 0. The van der Waals surface area contributed by atoms with E-state index in [1.54, 1.807) is 0 Å². The molecule has 0 aliphatic carbocycles. The van der Waals surface area contributed by atoms with Crippen molar-refractivity contribution in [3.8, 4) is 0 Å². The molecule has 0 fully saturated rings. The third-order valence-electron chi connectivity index (χ3n) is 4.18. The molecule has 2 heterocycles. The molecule has 3 rings (SSSR count). The SMILES string of the molecule is CCCC(C(=O)NC(C)c1nnc2ccccn12)c1ccccc1. The lowest BCUT2D eigenvalue weighted by molar-refractivity contribution is -0.123. The van der Waals surface area contributed by atoms with E-state index < -0.39 is 0 Å². The van der Waals surface area contributed by atoms with Crippen molar-refractivity contribution in [1.82, 2.24) is 19.9 Å². The van der Waals surface area contributed by atoms with Crippen molar-refractivity contribution in [2.45, 2.75) is 38.6 Å². The van der Waals surface area contributed by atoms with Crippen LogP contribution in [0.4, 0.5) is 0 Å². The fraction of sp³-hybridized carbons (Fsp3) is 0.316. The number of hydrogen-bond acceptors (Lipinski definition) is 3. The van der Waals surface area contributed by atoms with Gasteiger partial charge in [0, 0.05) is 6.20 Å². The molecule has 1 aromatic carbocycles. The van der Waals surface area contributed by atoms with Gasteiger partial charge in [0.25, 0.3) is 0 Å². The molecule has 2 atom stereocenters. The Morgan fingerprint density at radius 3 is 2.62 bits per heavy atom.